The Morgan fingerprint density at radius 2 is 2.45 bits per heavy atom. The van der Waals surface area contributed by atoms with Crippen molar-refractivity contribution in [2.24, 2.45) is 0 Å². The highest BCUT2D eigenvalue weighted by atomic mass is 32.2. The minimum Gasteiger partial charge on any atom is -0.453 e. The minimum atomic E-state index is -0.783. The highest BCUT2D eigenvalue weighted by Crippen LogP contribution is 2.18. The van der Waals surface area contributed by atoms with Gasteiger partial charge >= 0.3 is 6.09 Å². The number of carbonyl (C=O) groups excluding carboxylic acids is 2. The first kappa shape index (κ1) is 14.7. The van der Waals surface area contributed by atoms with Crippen LogP contribution in [0.3, 0.4) is 0 Å². The van der Waals surface area contributed by atoms with Gasteiger partial charge in [-0.25, -0.2) is 9.48 Å². The van der Waals surface area contributed by atoms with Crippen LogP contribution in [0.4, 0.5) is 4.79 Å². The molecule has 0 aromatic carbocycles. The molecule has 1 aromatic rings. The van der Waals surface area contributed by atoms with Crippen LogP contribution in [0.2, 0.25) is 0 Å². The van der Waals surface area contributed by atoms with E-state index >= 15 is 0 Å². The lowest BCUT2D eigenvalue weighted by molar-refractivity contribution is -0.117. The molecular weight excluding hydrogens is 286 g/mol. The molecule has 0 spiro atoms. The number of nitrogens with one attached hydrogen (secondary N) is 1. The molecule has 110 valence electrons. The molecule has 0 aliphatic carbocycles. The molecule has 1 aliphatic rings. The highest BCUT2D eigenvalue weighted by molar-refractivity contribution is 7.99. The number of carbonyl (C=O) groups is 2. The highest BCUT2D eigenvalue weighted by Gasteiger charge is 2.19. The Morgan fingerprint density at radius 1 is 1.60 bits per heavy atom. The number of thioether (sulfide) groups is 1. The Morgan fingerprint density at radius 3 is 3.15 bits per heavy atom. The molecule has 1 fully saturated rings. The van der Waals surface area contributed by atoms with E-state index in [1.807, 2.05) is 0 Å². The number of imide groups is 1. The third-order valence-electron chi connectivity index (χ3n) is 2.66. The molecule has 0 saturated carbocycles. The Bertz CT molecular complexity index is 474. The largest absolute Gasteiger partial charge is 0.453 e. The number of hydrogen-bond donors (Lipinski definition) is 1. The smallest absolute Gasteiger partial charge is 0.413 e. The summed E-state index contributed by atoms with van der Waals surface area (Å²) in [4.78, 5) is 22.3. The molecule has 10 heteroatoms. The summed E-state index contributed by atoms with van der Waals surface area (Å²) in [5, 5.41) is 13.9. The lowest BCUT2D eigenvalue weighted by Crippen LogP contribution is -2.31. The Balaban J connectivity index is 1.82. The second kappa shape index (κ2) is 7.20. The molecule has 0 radical (unpaired) electrons. The maximum absolute atomic E-state index is 11.4. The fourth-order valence-corrected chi connectivity index (χ4v) is 2.41. The molecule has 0 bridgehead atoms. The van der Waals surface area contributed by atoms with Gasteiger partial charge in [-0.2, -0.15) is 0 Å². The molecule has 1 aromatic heterocycles. The molecule has 1 aliphatic heterocycles. The number of hydrogen-bond acceptors (Lipinski definition) is 8. The lowest BCUT2D eigenvalue weighted by Gasteiger charge is -2.09. The molecule has 2 rings (SSSR count). The summed E-state index contributed by atoms with van der Waals surface area (Å²) in [6, 6.07) is 0. The maximum Gasteiger partial charge on any atom is 0.413 e. The number of alkyl carbamates (subject to hydrolysis) is 1. The quantitative estimate of drug-likeness (QED) is 0.747. The van der Waals surface area contributed by atoms with Crippen molar-refractivity contribution in [3.63, 3.8) is 0 Å². The zero-order valence-corrected chi connectivity index (χ0v) is 11.8. The topological polar surface area (TPSA) is 108 Å². The lowest BCUT2D eigenvalue weighted by atomic mass is 10.2. The fraction of sp³-hybridized carbons (Fsp3) is 0.700. The van der Waals surface area contributed by atoms with E-state index in [1.54, 1.807) is 4.68 Å². The van der Waals surface area contributed by atoms with Gasteiger partial charge in [-0.3, -0.25) is 10.1 Å². The van der Waals surface area contributed by atoms with E-state index in [0.717, 1.165) is 31.2 Å². The van der Waals surface area contributed by atoms with Crippen molar-refractivity contribution in [1.82, 2.24) is 25.5 Å². The summed E-state index contributed by atoms with van der Waals surface area (Å²) in [5.41, 5.74) is 0. The summed E-state index contributed by atoms with van der Waals surface area (Å²) >= 11 is 1.15. The number of aromatic nitrogens is 4. The number of nitrogens with zero attached hydrogens (tertiary/aromatic N) is 4. The Kier molecular flexibility index (Phi) is 5.30. The first-order chi connectivity index (χ1) is 9.69. The van der Waals surface area contributed by atoms with E-state index in [4.69, 9.17) is 4.74 Å². The fourth-order valence-electron chi connectivity index (χ4n) is 1.73. The van der Waals surface area contributed by atoms with Crippen molar-refractivity contribution in [2.45, 2.75) is 30.6 Å². The van der Waals surface area contributed by atoms with Crippen LogP contribution in [-0.2, 0) is 20.8 Å². The van der Waals surface area contributed by atoms with Crippen LogP contribution < -0.4 is 5.32 Å². The summed E-state index contributed by atoms with van der Waals surface area (Å²) in [6.07, 6.45) is 1.35. The average molecular weight is 301 g/mol. The third kappa shape index (κ3) is 4.17. The minimum absolute atomic E-state index is 0.0288. The first-order valence-electron chi connectivity index (χ1n) is 6.07. The van der Waals surface area contributed by atoms with E-state index < -0.39 is 12.0 Å². The average Bonchev–Trinajstić information content (AvgIpc) is 3.08. The van der Waals surface area contributed by atoms with Crippen LogP contribution in [0, 0.1) is 0 Å². The van der Waals surface area contributed by atoms with Crippen molar-refractivity contribution in [3.05, 3.63) is 0 Å². The number of ether oxygens (including phenoxy) is 2. The Labute approximate surface area is 119 Å². The van der Waals surface area contributed by atoms with Crippen molar-refractivity contribution < 1.29 is 19.1 Å². The van der Waals surface area contributed by atoms with Crippen LogP contribution in [0.15, 0.2) is 5.16 Å². The summed E-state index contributed by atoms with van der Waals surface area (Å²) in [5.74, 6) is -0.436. The summed E-state index contributed by atoms with van der Waals surface area (Å²) < 4.78 is 11.4. The van der Waals surface area contributed by atoms with Crippen molar-refractivity contribution in [3.8, 4) is 0 Å². The predicted octanol–water partition coefficient (Wildman–Crippen LogP) is -0.173. The van der Waals surface area contributed by atoms with Gasteiger partial charge in [0.1, 0.15) is 0 Å². The summed E-state index contributed by atoms with van der Waals surface area (Å²) in [6.45, 7) is 1.32. The van der Waals surface area contributed by atoms with Crippen LogP contribution >= 0.6 is 11.8 Å². The second-order valence-corrected chi connectivity index (χ2v) is 5.05. The normalized spacial score (nSPS) is 17.9. The SMILES string of the molecule is COC(=O)NC(=O)CSc1nnnn1C[C@@H]1CCCO1. The molecule has 1 saturated heterocycles. The van der Waals surface area contributed by atoms with Crippen LogP contribution in [0.5, 0.6) is 0 Å². The second-order valence-electron chi connectivity index (χ2n) is 4.11. The van der Waals surface area contributed by atoms with Gasteiger partial charge in [-0.05, 0) is 23.3 Å². The van der Waals surface area contributed by atoms with Gasteiger partial charge in [-0.15, -0.1) is 5.10 Å². The van der Waals surface area contributed by atoms with Gasteiger partial charge < -0.3 is 9.47 Å². The van der Waals surface area contributed by atoms with Crippen LogP contribution in [0.25, 0.3) is 0 Å². The van der Waals surface area contributed by atoms with Gasteiger partial charge in [0.05, 0.1) is 25.5 Å². The van der Waals surface area contributed by atoms with Crippen molar-refractivity contribution in [2.75, 3.05) is 19.5 Å². The number of amides is 2. The van der Waals surface area contributed by atoms with Crippen LogP contribution in [0.1, 0.15) is 12.8 Å². The summed E-state index contributed by atoms with van der Waals surface area (Å²) in [7, 11) is 1.19. The van der Waals surface area contributed by atoms with E-state index in [9.17, 15) is 9.59 Å². The molecule has 1 N–H and O–H groups in total. The van der Waals surface area contributed by atoms with Gasteiger partial charge in [0.15, 0.2) is 0 Å². The molecule has 1 atom stereocenters. The molecule has 9 nitrogen and oxygen atoms in total. The number of rotatable bonds is 5. The van der Waals surface area contributed by atoms with E-state index in [0.29, 0.717) is 11.7 Å². The van der Waals surface area contributed by atoms with E-state index in [2.05, 4.69) is 25.6 Å². The third-order valence-corrected chi connectivity index (χ3v) is 3.62. The molecule has 0 unspecified atom stereocenters. The molecule has 2 heterocycles. The first-order valence-corrected chi connectivity index (χ1v) is 7.06. The van der Waals surface area contributed by atoms with Crippen molar-refractivity contribution in [1.29, 1.82) is 0 Å². The van der Waals surface area contributed by atoms with E-state index in [1.165, 1.54) is 7.11 Å². The number of tetrazole rings is 1. The zero-order valence-electron chi connectivity index (χ0n) is 10.9. The Hall–Kier alpha value is -1.68. The molecular formula is C10H15N5O4S. The predicted molar refractivity (Wildman–Crippen MR) is 68.1 cm³/mol. The van der Waals surface area contributed by atoms with Crippen LogP contribution in [-0.4, -0.2) is 57.8 Å². The zero-order chi connectivity index (χ0) is 14.4. The van der Waals surface area contributed by atoms with Gasteiger partial charge in [0.2, 0.25) is 11.1 Å². The molecule has 20 heavy (non-hydrogen) atoms. The van der Waals surface area contributed by atoms with Gasteiger partial charge in [0.25, 0.3) is 0 Å². The monoisotopic (exact) mass is 301 g/mol. The number of methoxy groups -OCH3 is 1. The van der Waals surface area contributed by atoms with Crippen molar-refractivity contribution >= 4 is 23.8 Å². The standard InChI is InChI=1S/C10H15N5O4S/c1-18-10(17)11-8(16)6-20-9-12-13-14-15(9)5-7-3-2-4-19-7/h7H,2-6H2,1H3,(H,11,16,17)/t7-/m0/s1. The maximum atomic E-state index is 11.4. The van der Waals surface area contributed by atoms with Gasteiger partial charge in [-0.1, -0.05) is 11.8 Å². The van der Waals surface area contributed by atoms with Gasteiger partial charge in [0, 0.05) is 6.61 Å². The van der Waals surface area contributed by atoms with E-state index in [-0.39, 0.29) is 11.9 Å². The molecule has 2 amide bonds.